The van der Waals surface area contributed by atoms with E-state index in [2.05, 4.69) is 27.6 Å². The molecule has 132 valence electrons. The Balaban J connectivity index is 1.61. The molecule has 0 radical (unpaired) electrons. The minimum absolute atomic E-state index is 0.200. The summed E-state index contributed by atoms with van der Waals surface area (Å²) in [5.74, 6) is -1.29. The van der Waals surface area contributed by atoms with Gasteiger partial charge in [-0.25, -0.2) is 0 Å². The predicted molar refractivity (Wildman–Crippen MR) is 98.4 cm³/mol. The summed E-state index contributed by atoms with van der Waals surface area (Å²) in [4.78, 5) is 31.0. The van der Waals surface area contributed by atoms with Crippen LogP contribution in [-0.2, 0) is 9.59 Å². The van der Waals surface area contributed by atoms with Crippen molar-refractivity contribution >= 4 is 28.4 Å². The summed E-state index contributed by atoms with van der Waals surface area (Å²) in [5.41, 5.74) is 2.09. The number of rotatable bonds is 5. The molecular formula is C19H24N4O2. The number of aromatic nitrogens is 1. The highest BCUT2D eigenvalue weighted by Gasteiger charge is 2.29. The van der Waals surface area contributed by atoms with Crippen LogP contribution < -0.4 is 10.6 Å². The topological polar surface area (TPSA) is 74.3 Å². The molecule has 0 aliphatic heterocycles. The molecule has 2 aromatic rings. The first-order chi connectivity index (χ1) is 12.0. The van der Waals surface area contributed by atoms with Gasteiger partial charge in [-0.2, -0.15) is 0 Å². The van der Waals surface area contributed by atoms with Gasteiger partial charge in [0.05, 0.1) is 11.2 Å². The number of nitrogens with one attached hydrogen (secondary N) is 2. The monoisotopic (exact) mass is 340 g/mol. The van der Waals surface area contributed by atoms with Gasteiger partial charge in [-0.3, -0.25) is 19.5 Å². The Hall–Kier alpha value is -2.47. The summed E-state index contributed by atoms with van der Waals surface area (Å²) < 4.78 is 0. The van der Waals surface area contributed by atoms with E-state index in [9.17, 15) is 9.59 Å². The molecule has 0 spiro atoms. The van der Waals surface area contributed by atoms with Gasteiger partial charge in [-0.05, 0) is 45.9 Å². The van der Waals surface area contributed by atoms with Crippen LogP contribution in [0.3, 0.4) is 0 Å². The number of para-hydroxylation sites is 1. The van der Waals surface area contributed by atoms with Crippen LogP contribution in [0.25, 0.3) is 10.9 Å². The second-order valence-electron chi connectivity index (χ2n) is 6.74. The van der Waals surface area contributed by atoms with Crippen molar-refractivity contribution in [3.8, 4) is 0 Å². The number of likely N-dealkylation sites (N-methyl/N-ethyl adjacent to an activating group) is 1. The Labute approximate surface area is 147 Å². The molecule has 3 rings (SSSR count). The van der Waals surface area contributed by atoms with Crippen LogP contribution in [0.2, 0.25) is 0 Å². The van der Waals surface area contributed by atoms with Gasteiger partial charge in [0.15, 0.2) is 0 Å². The molecule has 0 saturated heterocycles. The molecule has 1 unspecified atom stereocenters. The summed E-state index contributed by atoms with van der Waals surface area (Å²) >= 11 is 0. The first-order valence-corrected chi connectivity index (χ1v) is 8.63. The lowest BCUT2D eigenvalue weighted by molar-refractivity contribution is -0.136. The standard InChI is InChI=1S/C19H24N4O2/c1-12-7-8-14-5-4-6-16(17(14)21-12)22-19(25)18(24)20-11-13(2)23(3)15-9-10-15/h4-8,13,15H,9-11H2,1-3H3,(H,20,24)(H,22,25). The van der Waals surface area contributed by atoms with Crippen LogP contribution in [0.4, 0.5) is 5.69 Å². The summed E-state index contributed by atoms with van der Waals surface area (Å²) in [6.07, 6.45) is 2.42. The number of carbonyl (C=O) groups is 2. The van der Waals surface area contributed by atoms with Gasteiger partial charge >= 0.3 is 11.8 Å². The second kappa shape index (κ2) is 7.19. The van der Waals surface area contributed by atoms with Crippen LogP contribution in [0, 0.1) is 6.92 Å². The Bertz CT molecular complexity index is 801. The summed E-state index contributed by atoms with van der Waals surface area (Å²) in [6, 6.07) is 10.2. The summed E-state index contributed by atoms with van der Waals surface area (Å²) in [7, 11) is 2.05. The number of aryl methyl sites for hydroxylation is 1. The van der Waals surface area contributed by atoms with E-state index in [1.165, 1.54) is 12.8 Å². The number of benzene rings is 1. The number of hydrogen-bond donors (Lipinski definition) is 2. The van der Waals surface area contributed by atoms with Crippen molar-refractivity contribution in [2.24, 2.45) is 0 Å². The van der Waals surface area contributed by atoms with Gasteiger partial charge in [0.25, 0.3) is 0 Å². The molecule has 6 nitrogen and oxygen atoms in total. The lowest BCUT2D eigenvalue weighted by Gasteiger charge is -2.24. The first-order valence-electron chi connectivity index (χ1n) is 8.63. The van der Waals surface area contributed by atoms with Crippen molar-refractivity contribution in [1.29, 1.82) is 0 Å². The van der Waals surface area contributed by atoms with Crippen LogP contribution in [-0.4, -0.2) is 47.4 Å². The third-order valence-electron chi connectivity index (χ3n) is 4.69. The van der Waals surface area contributed by atoms with E-state index in [4.69, 9.17) is 0 Å². The van der Waals surface area contributed by atoms with Gasteiger partial charge in [0.1, 0.15) is 0 Å². The highest BCUT2D eigenvalue weighted by molar-refractivity contribution is 6.40. The van der Waals surface area contributed by atoms with Crippen molar-refractivity contribution in [1.82, 2.24) is 15.2 Å². The molecule has 2 amide bonds. The van der Waals surface area contributed by atoms with Crippen LogP contribution in [0.5, 0.6) is 0 Å². The zero-order valence-electron chi connectivity index (χ0n) is 14.9. The molecule has 1 heterocycles. The number of anilines is 1. The zero-order valence-corrected chi connectivity index (χ0v) is 14.9. The molecule has 6 heteroatoms. The van der Waals surface area contributed by atoms with E-state index in [0.717, 1.165) is 11.1 Å². The third kappa shape index (κ3) is 4.14. The molecule has 1 aromatic heterocycles. The number of fused-ring (bicyclic) bond motifs is 1. The third-order valence-corrected chi connectivity index (χ3v) is 4.69. The quantitative estimate of drug-likeness (QED) is 0.817. The van der Waals surface area contributed by atoms with E-state index in [1.807, 2.05) is 38.1 Å². The van der Waals surface area contributed by atoms with Gasteiger partial charge in [-0.1, -0.05) is 18.2 Å². The van der Waals surface area contributed by atoms with Crippen LogP contribution in [0.15, 0.2) is 30.3 Å². The Morgan fingerprint density at radius 1 is 1.24 bits per heavy atom. The average molecular weight is 340 g/mol. The van der Waals surface area contributed by atoms with Crippen LogP contribution in [0.1, 0.15) is 25.5 Å². The van der Waals surface area contributed by atoms with Crippen molar-refractivity contribution < 1.29 is 9.59 Å². The Kier molecular flexibility index (Phi) is 4.99. The van der Waals surface area contributed by atoms with Crippen molar-refractivity contribution in [3.05, 3.63) is 36.0 Å². The second-order valence-corrected chi connectivity index (χ2v) is 6.74. The molecule has 0 bridgehead atoms. The number of amides is 2. The van der Waals surface area contributed by atoms with Crippen molar-refractivity contribution in [2.45, 2.75) is 38.8 Å². The van der Waals surface area contributed by atoms with E-state index in [0.29, 0.717) is 23.8 Å². The van der Waals surface area contributed by atoms with E-state index >= 15 is 0 Å². The summed E-state index contributed by atoms with van der Waals surface area (Å²) in [6.45, 7) is 4.39. The zero-order chi connectivity index (χ0) is 18.0. The van der Waals surface area contributed by atoms with Gasteiger partial charge < -0.3 is 10.6 Å². The van der Waals surface area contributed by atoms with Gasteiger partial charge in [0.2, 0.25) is 0 Å². The fourth-order valence-electron chi connectivity index (χ4n) is 2.83. The normalized spacial score (nSPS) is 15.2. The van der Waals surface area contributed by atoms with E-state index in [-0.39, 0.29) is 6.04 Å². The Morgan fingerprint density at radius 2 is 2.00 bits per heavy atom. The number of carbonyl (C=O) groups excluding carboxylic acids is 2. The van der Waals surface area contributed by atoms with E-state index < -0.39 is 11.8 Å². The molecule has 1 atom stereocenters. The molecule has 1 aromatic carbocycles. The number of hydrogen-bond acceptors (Lipinski definition) is 4. The lowest BCUT2D eigenvalue weighted by Crippen LogP contribution is -2.44. The molecule has 2 N–H and O–H groups in total. The molecule has 1 saturated carbocycles. The van der Waals surface area contributed by atoms with Crippen LogP contribution >= 0.6 is 0 Å². The minimum Gasteiger partial charge on any atom is -0.346 e. The van der Waals surface area contributed by atoms with Crippen molar-refractivity contribution in [2.75, 3.05) is 18.9 Å². The highest BCUT2D eigenvalue weighted by Crippen LogP contribution is 2.26. The minimum atomic E-state index is -0.669. The number of nitrogens with zero attached hydrogens (tertiary/aromatic N) is 2. The molecule has 1 fully saturated rings. The lowest BCUT2D eigenvalue weighted by atomic mass is 10.1. The first kappa shape index (κ1) is 17.4. The SMILES string of the molecule is Cc1ccc2cccc(NC(=O)C(=O)NCC(C)N(C)C3CC3)c2n1. The maximum Gasteiger partial charge on any atom is 0.313 e. The van der Waals surface area contributed by atoms with Gasteiger partial charge in [-0.15, -0.1) is 0 Å². The molecule has 1 aliphatic carbocycles. The molecular weight excluding hydrogens is 316 g/mol. The fraction of sp³-hybridized carbons (Fsp3) is 0.421. The largest absolute Gasteiger partial charge is 0.346 e. The predicted octanol–water partition coefficient (Wildman–Crippen LogP) is 2.08. The fourth-order valence-corrected chi connectivity index (χ4v) is 2.83. The molecule has 25 heavy (non-hydrogen) atoms. The maximum absolute atomic E-state index is 12.2. The van der Waals surface area contributed by atoms with Gasteiger partial charge in [0, 0.05) is 29.7 Å². The highest BCUT2D eigenvalue weighted by atomic mass is 16.2. The van der Waals surface area contributed by atoms with E-state index in [1.54, 1.807) is 6.07 Å². The summed E-state index contributed by atoms with van der Waals surface area (Å²) in [5, 5.41) is 6.31. The Morgan fingerprint density at radius 3 is 2.72 bits per heavy atom. The maximum atomic E-state index is 12.2. The molecule has 1 aliphatic rings. The smallest absolute Gasteiger partial charge is 0.313 e. The number of pyridine rings is 1. The average Bonchev–Trinajstić information content (AvgIpc) is 3.44. The van der Waals surface area contributed by atoms with Crippen molar-refractivity contribution in [3.63, 3.8) is 0 Å².